The average Bonchev–Trinajstić information content (AvgIpc) is 2.93. The zero-order valence-electron chi connectivity index (χ0n) is 10.2. The first kappa shape index (κ1) is 15.2. The van der Waals surface area contributed by atoms with Crippen molar-refractivity contribution in [3.63, 3.8) is 0 Å². The summed E-state index contributed by atoms with van der Waals surface area (Å²) < 4.78 is 27.6. The molecule has 0 aromatic carbocycles. The highest BCUT2D eigenvalue weighted by atomic mass is 79.9. The van der Waals surface area contributed by atoms with E-state index in [4.69, 9.17) is 5.11 Å². The lowest BCUT2D eigenvalue weighted by Crippen LogP contribution is -2.25. The van der Waals surface area contributed by atoms with Crippen molar-refractivity contribution in [1.29, 1.82) is 0 Å². The lowest BCUT2D eigenvalue weighted by atomic mass is 10.4. The first-order chi connectivity index (χ1) is 9.31. The summed E-state index contributed by atoms with van der Waals surface area (Å²) in [5, 5.41) is 16.6. The number of aromatic amines is 1. The summed E-state index contributed by atoms with van der Waals surface area (Å²) in [6.45, 7) is 1.54. The van der Waals surface area contributed by atoms with E-state index in [0.29, 0.717) is 0 Å². The molecule has 0 aliphatic rings. The van der Waals surface area contributed by atoms with Crippen LogP contribution in [0.25, 0.3) is 0 Å². The van der Waals surface area contributed by atoms with Crippen LogP contribution in [0.15, 0.2) is 20.8 Å². The summed E-state index contributed by atoms with van der Waals surface area (Å²) in [7, 11) is -3.95. The Morgan fingerprint density at radius 1 is 1.60 bits per heavy atom. The highest BCUT2D eigenvalue weighted by Crippen LogP contribution is 2.21. The second kappa shape index (κ2) is 5.64. The molecule has 7 nitrogen and oxygen atoms in total. The normalized spacial score (nSPS) is 11.7. The molecule has 0 aliphatic heterocycles. The van der Waals surface area contributed by atoms with Crippen LogP contribution in [0.2, 0.25) is 0 Å². The summed E-state index contributed by atoms with van der Waals surface area (Å²) in [6, 6.07) is 1.79. The van der Waals surface area contributed by atoms with E-state index in [1.165, 1.54) is 18.3 Å². The number of nitrogens with zero attached hydrogens (tertiary/aromatic N) is 1. The molecule has 0 atom stereocenters. The fourth-order valence-corrected chi connectivity index (χ4v) is 4.39. The third-order valence-electron chi connectivity index (χ3n) is 2.42. The van der Waals surface area contributed by atoms with Crippen molar-refractivity contribution in [2.45, 2.75) is 18.4 Å². The first-order valence-electron chi connectivity index (χ1n) is 5.32. The Labute approximate surface area is 127 Å². The van der Waals surface area contributed by atoms with E-state index in [1.807, 2.05) is 5.38 Å². The van der Waals surface area contributed by atoms with Crippen LogP contribution in [0, 0.1) is 6.92 Å². The molecule has 10 heteroatoms. The lowest BCUT2D eigenvalue weighted by Gasteiger charge is -2.05. The number of thiophene rings is 1. The second-order valence-corrected chi connectivity index (χ2v) is 7.50. The number of rotatable bonds is 5. The first-order valence-corrected chi connectivity index (χ1v) is 8.47. The molecular weight excluding hydrogens is 370 g/mol. The van der Waals surface area contributed by atoms with Gasteiger partial charge in [0.1, 0.15) is 4.90 Å². The molecule has 3 N–H and O–H groups in total. The van der Waals surface area contributed by atoms with Gasteiger partial charge in [-0.05, 0) is 28.9 Å². The number of H-pyrrole nitrogens is 1. The van der Waals surface area contributed by atoms with Crippen LogP contribution in [0.3, 0.4) is 0 Å². The lowest BCUT2D eigenvalue weighted by molar-refractivity contribution is 0.0686. The number of aromatic nitrogens is 2. The van der Waals surface area contributed by atoms with E-state index >= 15 is 0 Å². The largest absolute Gasteiger partial charge is 0.476 e. The molecule has 0 saturated heterocycles. The molecule has 108 valence electrons. The van der Waals surface area contributed by atoms with Gasteiger partial charge in [-0.1, -0.05) is 0 Å². The molecule has 0 radical (unpaired) electrons. The van der Waals surface area contributed by atoms with Gasteiger partial charge in [-0.15, -0.1) is 11.3 Å². The molecule has 20 heavy (non-hydrogen) atoms. The maximum atomic E-state index is 12.2. The minimum atomic E-state index is -3.95. The van der Waals surface area contributed by atoms with E-state index in [2.05, 4.69) is 30.8 Å². The van der Waals surface area contributed by atoms with Gasteiger partial charge in [0.2, 0.25) is 10.0 Å². The van der Waals surface area contributed by atoms with Crippen molar-refractivity contribution in [3.05, 3.63) is 32.2 Å². The number of sulfonamides is 1. The third kappa shape index (κ3) is 3.08. The van der Waals surface area contributed by atoms with Gasteiger partial charge in [0.05, 0.1) is 5.69 Å². The molecule has 0 saturated carbocycles. The molecule has 2 heterocycles. The standard InChI is InChI=1S/C10H10BrN3O4S2/c1-5-9(8(10(15)16)14-13-5)20(17,18)12-3-7-2-6(11)4-19-7/h2,4,12H,3H2,1H3,(H,13,14)(H,15,16). The van der Waals surface area contributed by atoms with Crippen LogP contribution in [0.5, 0.6) is 0 Å². The number of halogens is 1. The van der Waals surface area contributed by atoms with Crippen LogP contribution >= 0.6 is 27.3 Å². The van der Waals surface area contributed by atoms with E-state index in [1.54, 1.807) is 6.07 Å². The van der Waals surface area contributed by atoms with Gasteiger partial charge >= 0.3 is 5.97 Å². The van der Waals surface area contributed by atoms with Crippen molar-refractivity contribution < 1.29 is 18.3 Å². The Bertz CT molecular complexity index is 750. The number of carbonyl (C=O) groups is 1. The predicted molar refractivity (Wildman–Crippen MR) is 76.3 cm³/mol. The van der Waals surface area contributed by atoms with Crippen LogP contribution in [-0.2, 0) is 16.6 Å². The van der Waals surface area contributed by atoms with Crippen molar-refractivity contribution in [1.82, 2.24) is 14.9 Å². The second-order valence-electron chi connectivity index (χ2n) is 3.89. The third-order valence-corrected chi connectivity index (χ3v) is 5.68. The topological polar surface area (TPSA) is 112 Å². The Kier molecular flexibility index (Phi) is 4.28. The average molecular weight is 380 g/mol. The van der Waals surface area contributed by atoms with Crippen molar-refractivity contribution >= 4 is 43.3 Å². The molecule has 2 rings (SSSR count). The highest BCUT2D eigenvalue weighted by Gasteiger charge is 2.28. The molecule has 0 aliphatic carbocycles. The quantitative estimate of drug-likeness (QED) is 0.731. The molecule has 0 fully saturated rings. The monoisotopic (exact) mass is 379 g/mol. The number of hydrogen-bond acceptors (Lipinski definition) is 5. The smallest absolute Gasteiger partial charge is 0.357 e. The molecule has 0 unspecified atom stereocenters. The summed E-state index contributed by atoms with van der Waals surface area (Å²) in [5.41, 5.74) is -0.329. The molecule has 0 amide bonds. The predicted octanol–water partition coefficient (Wildman–Crippen LogP) is 1.72. The van der Waals surface area contributed by atoms with Gasteiger partial charge in [-0.25, -0.2) is 17.9 Å². The number of carboxylic acid groups (broad SMARTS) is 1. The Hall–Kier alpha value is -1.23. The van der Waals surface area contributed by atoms with Gasteiger partial charge < -0.3 is 5.11 Å². The van der Waals surface area contributed by atoms with Gasteiger partial charge in [0.25, 0.3) is 0 Å². The van der Waals surface area contributed by atoms with Gasteiger partial charge in [0.15, 0.2) is 5.69 Å². The van der Waals surface area contributed by atoms with Gasteiger partial charge in [0, 0.05) is 21.3 Å². The van der Waals surface area contributed by atoms with Gasteiger partial charge in [-0.3, -0.25) is 5.10 Å². The summed E-state index contributed by atoms with van der Waals surface area (Å²) >= 11 is 4.66. The summed E-state index contributed by atoms with van der Waals surface area (Å²) in [6.07, 6.45) is 0. The van der Waals surface area contributed by atoms with Crippen molar-refractivity contribution in [3.8, 4) is 0 Å². The fourth-order valence-electron chi connectivity index (χ4n) is 1.58. The number of hydrogen-bond donors (Lipinski definition) is 3. The Morgan fingerprint density at radius 3 is 2.85 bits per heavy atom. The Balaban J connectivity index is 2.27. The van der Waals surface area contributed by atoms with E-state index in [0.717, 1.165) is 9.35 Å². The van der Waals surface area contributed by atoms with Crippen LogP contribution in [-0.4, -0.2) is 29.7 Å². The number of aryl methyl sites for hydroxylation is 1. The van der Waals surface area contributed by atoms with E-state index in [9.17, 15) is 13.2 Å². The van der Waals surface area contributed by atoms with Crippen LogP contribution in [0.1, 0.15) is 21.1 Å². The summed E-state index contributed by atoms with van der Waals surface area (Å²) in [4.78, 5) is 11.5. The van der Waals surface area contributed by atoms with Crippen LogP contribution in [0.4, 0.5) is 0 Å². The summed E-state index contributed by atoms with van der Waals surface area (Å²) in [5.74, 6) is -1.39. The molecule has 0 bridgehead atoms. The molecule has 0 spiro atoms. The maximum absolute atomic E-state index is 12.2. The SMILES string of the molecule is Cc1[nH]nc(C(=O)O)c1S(=O)(=O)NCc1cc(Br)cs1. The number of carboxylic acids is 1. The maximum Gasteiger partial charge on any atom is 0.357 e. The number of aromatic carboxylic acids is 1. The highest BCUT2D eigenvalue weighted by molar-refractivity contribution is 9.10. The van der Waals surface area contributed by atoms with Crippen LogP contribution < -0.4 is 4.72 Å². The molecule has 2 aromatic heterocycles. The van der Waals surface area contributed by atoms with E-state index in [-0.39, 0.29) is 17.1 Å². The number of nitrogens with one attached hydrogen (secondary N) is 2. The molecule has 2 aromatic rings. The minimum absolute atomic E-state index is 0.0856. The molecular formula is C10H10BrN3O4S2. The zero-order valence-corrected chi connectivity index (χ0v) is 13.4. The zero-order chi connectivity index (χ0) is 14.9. The minimum Gasteiger partial charge on any atom is -0.476 e. The van der Waals surface area contributed by atoms with E-state index < -0.39 is 21.7 Å². The fraction of sp³-hybridized carbons (Fsp3) is 0.200. The van der Waals surface area contributed by atoms with Crippen molar-refractivity contribution in [2.75, 3.05) is 0 Å². The van der Waals surface area contributed by atoms with Gasteiger partial charge in [-0.2, -0.15) is 5.10 Å². The van der Waals surface area contributed by atoms with Crippen molar-refractivity contribution in [2.24, 2.45) is 0 Å². The Morgan fingerprint density at radius 2 is 2.30 bits per heavy atom.